The molecule has 0 aliphatic carbocycles. The monoisotopic (exact) mass is 266 g/mol. The zero-order valence-electron chi connectivity index (χ0n) is 12.1. The van der Waals surface area contributed by atoms with Crippen LogP contribution in [0.3, 0.4) is 0 Å². The van der Waals surface area contributed by atoms with Gasteiger partial charge < -0.3 is 14.1 Å². The maximum atomic E-state index is 12.0. The maximum Gasteiger partial charge on any atom is 0.410 e. The lowest BCUT2D eigenvalue weighted by Crippen LogP contribution is -2.42. The summed E-state index contributed by atoms with van der Waals surface area (Å²) in [6.45, 7) is 8.88. The first kappa shape index (κ1) is 13.9. The molecule has 19 heavy (non-hydrogen) atoms. The third-order valence-electron chi connectivity index (χ3n) is 3.06. The molecular formula is C14H22N2O3. The van der Waals surface area contributed by atoms with Crippen molar-refractivity contribution in [3.63, 3.8) is 0 Å². The molecule has 0 radical (unpaired) electrons. The van der Waals surface area contributed by atoms with Crippen molar-refractivity contribution in [3.8, 4) is 0 Å². The molecule has 1 fully saturated rings. The van der Waals surface area contributed by atoms with E-state index in [1.165, 1.54) is 0 Å². The van der Waals surface area contributed by atoms with Crippen LogP contribution in [0.15, 0.2) is 10.6 Å². The third-order valence-corrected chi connectivity index (χ3v) is 3.06. The molecular weight excluding hydrogens is 244 g/mol. The van der Waals surface area contributed by atoms with Crippen LogP contribution in [0.2, 0.25) is 0 Å². The van der Waals surface area contributed by atoms with E-state index in [0.29, 0.717) is 6.54 Å². The summed E-state index contributed by atoms with van der Waals surface area (Å²) in [6, 6.07) is 0. The van der Waals surface area contributed by atoms with Gasteiger partial charge in [-0.25, -0.2) is 9.78 Å². The van der Waals surface area contributed by atoms with Crippen molar-refractivity contribution in [2.24, 2.45) is 0 Å². The molecule has 1 aliphatic heterocycles. The van der Waals surface area contributed by atoms with Crippen molar-refractivity contribution in [2.75, 3.05) is 13.1 Å². The van der Waals surface area contributed by atoms with Gasteiger partial charge in [0.25, 0.3) is 0 Å². The van der Waals surface area contributed by atoms with Crippen LogP contribution in [0, 0.1) is 6.92 Å². The first-order valence-corrected chi connectivity index (χ1v) is 6.75. The smallest absolute Gasteiger partial charge is 0.410 e. The van der Waals surface area contributed by atoms with Gasteiger partial charge in [-0.05, 0) is 40.5 Å². The number of ether oxygens (including phenoxy) is 1. The minimum Gasteiger partial charge on any atom is -0.446 e. The molecule has 1 aliphatic rings. The zero-order chi connectivity index (χ0) is 14.0. The molecule has 0 aromatic carbocycles. The van der Waals surface area contributed by atoms with Crippen LogP contribution < -0.4 is 0 Å². The number of rotatable bonds is 1. The van der Waals surface area contributed by atoms with Gasteiger partial charge in [-0.3, -0.25) is 0 Å². The van der Waals surface area contributed by atoms with Gasteiger partial charge in [0.15, 0.2) is 5.89 Å². The molecule has 0 unspecified atom stereocenters. The van der Waals surface area contributed by atoms with E-state index in [9.17, 15) is 4.79 Å². The molecule has 1 atom stereocenters. The van der Waals surface area contributed by atoms with Crippen LogP contribution in [0.25, 0.3) is 0 Å². The van der Waals surface area contributed by atoms with E-state index in [-0.39, 0.29) is 12.0 Å². The Labute approximate surface area is 113 Å². The summed E-state index contributed by atoms with van der Waals surface area (Å²) < 4.78 is 11.0. The summed E-state index contributed by atoms with van der Waals surface area (Å²) in [7, 11) is 0. The molecule has 0 bridgehead atoms. The SMILES string of the molecule is Cc1cnc([C@H]2CCCN(C(=O)OC(C)(C)C)C2)o1. The van der Waals surface area contributed by atoms with Gasteiger partial charge in [0, 0.05) is 13.1 Å². The fourth-order valence-electron chi connectivity index (χ4n) is 2.23. The minimum atomic E-state index is -0.455. The zero-order valence-corrected chi connectivity index (χ0v) is 12.1. The lowest BCUT2D eigenvalue weighted by atomic mass is 9.98. The predicted molar refractivity (Wildman–Crippen MR) is 71.0 cm³/mol. The molecule has 2 rings (SSSR count). The highest BCUT2D eigenvalue weighted by Gasteiger charge is 2.30. The number of hydrogen-bond acceptors (Lipinski definition) is 4. The number of aromatic nitrogens is 1. The highest BCUT2D eigenvalue weighted by Crippen LogP contribution is 2.27. The Morgan fingerprint density at radius 1 is 1.53 bits per heavy atom. The van der Waals surface area contributed by atoms with Crippen molar-refractivity contribution in [1.29, 1.82) is 0 Å². The number of oxazole rings is 1. The Morgan fingerprint density at radius 2 is 2.26 bits per heavy atom. The minimum absolute atomic E-state index is 0.176. The van der Waals surface area contributed by atoms with E-state index in [2.05, 4.69) is 4.98 Å². The molecule has 5 nitrogen and oxygen atoms in total. The molecule has 0 spiro atoms. The third kappa shape index (κ3) is 3.72. The van der Waals surface area contributed by atoms with E-state index < -0.39 is 5.60 Å². The first-order valence-electron chi connectivity index (χ1n) is 6.75. The van der Waals surface area contributed by atoms with E-state index in [0.717, 1.165) is 31.0 Å². The normalized spacial score (nSPS) is 20.4. The van der Waals surface area contributed by atoms with Gasteiger partial charge in [-0.2, -0.15) is 0 Å². The second-order valence-electron chi connectivity index (χ2n) is 6.07. The van der Waals surface area contributed by atoms with Crippen molar-refractivity contribution in [1.82, 2.24) is 9.88 Å². The Balaban J connectivity index is 1.99. The number of carbonyl (C=O) groups is 1. The second kappa shape index (κ2) is 5.23. The topological polar surface area (TPSA) is 55.6 Å². The first-order chi connectivity index (χ1) is 8.85. The second-order valence-corrected chi connectivity index (χ2v) is 6.07. The lowest BCUT2D eigenvalue weighted by Gasteiger charge is -2.32. The summed E-state index contributed by atoms with van der Waals surface area (Å²) in [5, 5.41) is 0. The molecule has 1 aromatic rings. The van der Waals surface area contributed by atoms with Gasteiger partial charge in [-0.1, -0.05) is 0 Å². The highest BCUT2D eigenvalue weighted by atomic mass is 16.6. The summed E-state index contributed by atoms with van der Waals surface area (Å²) in [5.41, 5.74) is -0.455. The molecule has 1 amide bonds. The van der Waals surface area contributed by atoms with Crippen molar-refractivity contribution >= 4 is 6.09 Å². The van der Waals surface area contributed by atoms with E-state index in [1.54, 1.807) is 11.1 Å². The molecule has 5 heteroatoms. The molecule has 106 valence electrons. The van der Waals surface area contributed by atoms with Crippen LogP contribution >= 0.6 is 0 Å². The van der Waals surface area contributed by atoms with Crippen LogP contribution in [-0.4, -0.2) is 34.7 Å². The van der Waals surface area contributed by atoms with Crippen molar-refractivity contribution in [3.05, 3.63) is 17.8 Å². The molecule has 0 saturated carbocycles. The Hall–Kier alpha value is -1.52. The predicted octanol–water partition coefficient (Wildman–Crippen LogP) is 3.10. The standard InChI is InChI=1S/C14H22N2O3/c1-10-8-15-12(18-10)11-6-5-7-16(9-11)13(17)19-14(2,3)4/h8,11H,5-7,9H2,1-4H3/t11-/m0/s1. The summed E-state index contributed by atoms with van der Waals surface area (Å²) >= 11 is 0. The highest BCUT2D eigenvalue weighted by molar-refractivity contribution is 5.68. The maximum absolute atomic E-state index is 12.0. The summed E-state index contributed by atoms with van der Waals surface area (Å²) in [5.74, 6) is 1.71. The van der Waals surface area contributed by atoms with Crippen LogP contribution in [-0.2, 0) is 4.74 Å². The number of carbonyl (C=O) groups excluding carboxylic acids is 1. The van der Waals surface area contributed by atoms with Crippen molar-refractivity contribution < 1.29 is 13.9 Å². The Bertz CT molecular complexity index is 448. The van der Waals surface area contributed by atoms with Crippen LogP contribution in [0.4, 0.5) is 4.79 Å². The average molecular weight is 266 g/mol. The number of aryl methyl sites for hydroxylation is 1. The largest absolute Gasteiger partial charge is 0.446 e. The number of hydrogen-bond donors (Lipinski definition) is 0. The van der Waals surface area contributed by atoms with Gasteiger partial charge >= 0.3 is 6.09 Å². The van der Waals surface area contributed by atoms with E-state index >= 15 is 0 Å². The van der Waals surface area contributed by atoms with E-state index in [4.69, 9.17) is 9.15 Å². The average Bonchev–Trinajstić information content (AvgIpc) is 2.74. The molecule has 0 N–H and O–H groups in total. The number of likely N-dealkylation sites (tertiary alicyclic amines) is 1. The quantitative estimate of drug-likeness (QED) is 0.783. The van der Waals surface area contributed by atoms with Gasteiger partial charge in [0.05, 0.1) is 12.1 Å². The fourth-order valence-corrected chi connectivity index (χ4v) is 2.23. The van der Waals surface area contributed by atoms with Crippen molar-refractivity contribution in [2.45, 2.75) is 52.1 Å². The van der Waals surface area contributed by atoms with E-state index in [1.807, 2.05) is 27.7 Å². The fraction of sp³-hybridized carbons (Fsp3) is 0.714. The van der Waals surface area contributed by atoms with Gasteiger partial charge in [0.1, 0.15) is 11.4 Å². The summed E-state index contributed by atoms with van der Waals surface area (Å²) in [6.07, 6.45) is 3.42. The molecule has 2 heterocycles. The molecule has 1 saturated heterocycles. The Kier molecular flexibility index (Phi) is 3.83. The van der Waals surface area contributed by atoms with Crippen LogP contribution in [0.5, 0.6) is 0 Å². The number of piperidine rings is 1. The molecule has 1 aromatic heterocycles. The summed E-state index contributed by atoms with van der Waals surface area (Å²) in [4.78, 5) is 18.1. The van der Waals surface area contributed by atoms with Gasteiger partial charge in [-0.15, -0.1) is 0 Å². The number of nitrogens with zero attached hydrogens (tertiary/aromatic N) is 2. The number of amides is 1. The van der Waals surface area contributed by atoms with Gasteiger partial charge in [0.2, 0.25) is 0 Å². The lowest BCUT2D eigenvalue weighted by molar-refractivity contribution is 0.0190. The van der Waals surface area contributed by atoms with Crippen LogP contribution in [0.1, 0.15) is 51.2 Å². The Morgan fingerprint density at radius 3 is 2.84 bits per heavy atom.